The Morgan fingerprint density at radius 1 is 1.33 bits per heavy atom. The second-order valence-corrected chi connectivity index (χ2v) is 5.78. The Hall–Kier alpha value is -1.07. The second kappa shape index (κ2) is 5.71. The average Bonchev–Trinajstić information content (AvgIpc) is 2.35. The van der Waals surface area contributed by atoms with Gasteiger partial charge in [-0.1, -0.05) is 18.2 Å². The number of thioether (sulfide) groups is 1. The van der Waals surface area contributed by atoms with Crippen molar-refractivity contribution in [3.05, 3.63) is 56.2 Å². The first-order valence-electron chi connectivity index (χ1n) is 5.51. The highest BCUT2D eigenvalue weighted by Gasteiger charge is 2.06. The third-order valence-corrected chi connectivity index (χ3v) is 4.66. The van der Waals surface area contributed by atoms with Crippen molar-refractivity contribution in [2.45, 2.75) is 24.5 Å². The van der Waals surface area contributed by atoms with E-state index in [1.54, 1.807) is 11.8 Å². The molecule has 0 fully saturated rings. The van der Waals surface area contributed by atoms with Gasteiger partial charge in [0.2, 0.25) is 0 Å². The Morgan fingerprint density at radius 2 is 2.06 bits per heavy atom. The van der Waals surface area contributed by atoms with Crippen LogP contribution in [0.15, 0.2) is 38.4 Å². The first-order chi connectivity index (χ1) is 8.58. The maximum absolute atomic E-state index is 11.6. The minimum absolute atomic E-state index is 0.122. The molecule has 5 heteroatoms. The van der Waals surface area contributed by atoms with Crippen molar-refractivity contribution in [2.75, 3.05) is 0 Å². The maximum Gasteiger partial charge on any atom is 0.265 e. The molecule has 1 aromatic carbocycles. The molecule has 0 saturated carbocycles. The zero-order valence-electron chi connectivity index (χ0n) is 10.2. The number of aromatic amines is 1. The van der Waals surface area contributed by atoms with Gasteiger partial charge in [0.05, 0.1) is 11.4 Å². The van der Waals surface area contributed by atoms with Gasteiger partial charge in [-0.3, -0.25) is 4.79 Å². The van der Waals surface area contributed by atoms with E-state index in [1.807, 2.05) is 19.1 Å². The summed E-state index contributed by atoms with van der Waals surface area (Å²) in [7, 11) is 0. The fourth-order valence-electron chi connectivity index (χ4n) is 1.56. The number of aromatic nitrogens is 2. The minimum atomic E-state index is -0.122. The second-order valence-electron chi connectivity index (χ2n) is 3.97. The Balaban J connectivity index is 2.17. The van der Waals surface area contributed by atoms with Crippen molar-refractivity contribution >= 4 is 27.7 Å². The highest BCUT2D eigenvalue weighted by atomic mass is 79.9. The van der Waals surface area contributed by atoms with E-state index in [0.29, 0.717) is 16.0 Å². The van der Waals surface area contributed by atoms with Crippen LogP contribution in [0.2, 0.25) is 0 Å². The summed E-state index contributed by atoms with van der Waals surface area (Å²) in [6, 6.07) is 8.18. The number of aryl methyl sites for hydroxylation is 2. The van der Waals surface area contributed by atoms with Gasteiger partial charge in [-0.15, -0.1) is 11.8 Å². The zero-order valence-corrected chi connectivity index (χ0v) is 12.6. The smallest absolute Gasteiger partial charge is 0.265 e. The summed E-state index contributed by atoms with van der Waals surface area (Å²) in [6.07, 6.45) is 0. The molecule has 3 nitrogen and oxygen atoms in total. The molecule has 2 aromatic rings. The number of rotatable bonds is 3. The first-order valence-corrected chi connectivity index (χ1v) is 7.29. The van der Waals surface area contributed by atoms with Crippen molar-refractivity contribution in [3.63, 3.8) is 0 Å². The number of benzene rings is 1. The van der Waals surface area contributed by atoms with Crippen molar-refractivity contribution in [3.8, 4) is 0 Å². The third-order valence-electron chi connectivity index (χ3n) is 2.54. The van der Waals surface area contributed by atoms with Gasteiger partial charge in [0.1, 0.15) is 10.3 Å². The number of halogens is 1. The van der Waals surface area contributed by atoms with Crippen LogP contribution < -0.4 is 5.56 Å². The van der Waals surface area contributed by atoms with Gasteiger partial charge in [0.15, 0.2) is 0 Å². The Bertz CT molecular complexity index is 625. The number of nitrogens with one attached hydrogen (secondary N) is 1. The van der Waals surface area contributed by atoms with Gasteiger partial charge in [0, 0.05) is 4.90 Å². The minimum Gasteiger partial charge on any atom is -0.309 e. The number of hydrogen-bond acceptors (Lipinski definition) is 3. The number of H-pyrrole nitrogens is 1. The SMILES string of the molecule is Cc1ccccc1SCc1nc(C)c(Br)c(=O)[nH]1. The summed E-state index contributed by atoms with van der Waals surface area (Å²) in [5.41, 5.74) is 1.83. The largest absolute Gasteiger partial charge is 0.309 e. The predicted octanol–water partition coefficient (Wildman–Crippen LogP) is 3.44. The molecule has 2 rings (SSSR count). The molecule has 0 radical (unpaired) electrons. The molecular formula is C13H13BrN2OS. The fraction of sp³-hybridized carbons (Fsp3) is 0.231. The predicted molar refractivity (Wildman–Crippen MR) is 78.0 cm³/mol. The molecule has 0 amide bonds. The Kier molecular flexibility index (Phi) is 4.24. The van der Waals surface area contributed by atoms with E-state index in [2.05, 4.69) is 45.0 Å². The van der Waals surface area contributed by atoms with E-state index < -0.39 is 0 Å². The van der Waals surface area contributed by atoms with E-state index in [0.717, 1.165) is 5.69 Å². The molecule has 0 aliphatic carbocycles. The molecule has 0 aliphatic rings. The van der Waals surface area contributed by atoms with Gasteiger partial charge in [0.25, 0.3) is 5.56 Å². The monoisotopic (exact) mass is 324 g/mol. The van der Waals surface area contributed by atoms with E-state index in [-0.39, 0.29) is 5.56 Å². The number of nitrogens with zero attached hydrogens (tertiary/aromatic N) is 1. The summed E-state index contributed by atoms with van der Waals surface area (Å²) in [5.74, 6) is 1.36. The summed E-state index contributed by atoms with van der Waals surface area (Å²) >= 11 is 4.88. The van der Waals surface area contributed by atoms with Crippen LogP contribution in [0.1, 0.15) is 17.1 Å². The van der Waals surface area contributed by atoms with Gasteiger partial charge < -0.3 is 4.98 Å². The summed E-state index contributed by atoms with van der Waals surface area (Å²) in [6.45, 7) is 3.90. The highest BCUT2D eigenvalue weighted by Crippen LogP contribution is 2.24. The zero-order chi connectivity index (χ0) is 13.1. The Morgan fingerprint density at radius 3 is 2.72 bits per heavy atom. The molecule has 94 valence electrons. The van der Waals surface area contributed by atoms with E-state index in [9.17, 15) is 4.79 Å². The molecule has 18 heavy (non-hydrogen) atoms. The highest BCUT2D eigenvalue weighted by molar-refractivity contribution is 9.10. The standard InChI is InChI=1S/C13H13BrN2OS/c1-8-5-3-4-6-10(8)18-7-11-15-9(2)12(14)13(17)16-11/h3-6H,7H2,1-2H3,(H,15,16,17). The number of hydrogen-bond donors (Lipinski definition) is 1. The van der Waals surface area contributed by atoms with E-state index in [4.69, 9.17) is 0 Å². The van der Waals surface area contributed by atoms with Crippen LogP contribution in [0, 0.1) is 13.8 Å². The van der Waals surface area contributed by atoms with Gasteiger partial charge in [-0.2, -0.15) is 0 Å². The molecule has 0 atom stereocenters. The van der Waals surface area contributed by atoms with Gasteiger partial charge in [-0.25, -0.2) is 4.98 Å². The Labute approximate surface area is 118 Å². The van der Waals surface area contributed by atoms with Crippen molar-refractivity contribution in [1.82, 2.24) is 9.97 Å². The normalized spacial score (nSPS) is 10.6. The third kappa shape index (κ3) is 3.03. The lowest BCUT2D eigenvalue weighted by atomic mass is 10.2. The van der Waals surface area contributed by atoms with Crippen LogP contribution in [-0.2, 0) is 5.75 Å². The van der Waals surface area contributed by atoms with Crippen LogP contribution in [0.5, 0.6) is 0 Å². The van der Waals surface area contributed by atoms with Crippen molar-refractivity contribution in [2.24, 2.45) is 0 Å². The molecule has 1 N–H and O–H groups in total. The molecular weight excluding hydrogens is 312 g/mol. The first kappa shape index (κ1) is 13.4. The lowest BCUT2D eigenvalue weighted by molar-refractivity contribution is 0.954. The van der Waals surface area contributed by atoms with Crippen LogP contribution >= 0.6 is 27.7 Å². The summed E-state index contributed by atoms with van der Waals surface area (Å²) < 4.78 is 0.507. The maximum atomic E-state index is 11.6. The van der Waals surface area contributed by atoms with Crippen LogP contribution in [0.3, 0.4) is 0 Å². The lowest BCUT2D eigenvalue weighted by Gasteiger charge is -2.05. The van der Waals surface area contributed by atoms with E-state index in [1.165, 1.54) is 10.5 Å². The molecule has 0 spiro atoms. The van der Waals surface area contributed by atoms with Crippen LogP contribution in [0.25, 0.3) is 0 Å². The van der Waals surface area contributed by atoms with Crippen molar-refractivity contribution < 1.29 is 0 Å². The summed E-state index contributed by atoms with van der Waals surface area (Å²) in [5, 5.41) is 0. The molecule has 0 unspecified atom stereocenters. The van der Waals surface area contributed by atoms with Gasteiger partial charge >= 0.3 is 0 Å². The summed E-state index contributed by atoms with van der Waals surface area (Å²) in [4.78, 5) is 19.9. The molecule has 1 aromatic heterocycles. The topological polar surface area (TPSA) is 45.8 Å². The molecule has 0 saturated heterocycles. The average molecular weight is 325 g/mol. The van der Waals surface area contributed by atoms with Gasteiger partial charge in [-0.05, 0) is 41.4 Å². The molecule has 0 aliphatic heterocycles. The molecule has 0 bridgehead atoms. The molecule has 1 heterocycles. The fourth-order valence-corrected chi connectivity index (χ4v) is 2.65. The van der Waals surface area contributed by atoms with E-state index >= 15 is 0 Å². The quantitative estimate of drug-likeness (QED) is 0.879. The van der Waals surface area contributed by atoms with Crippen LogP contribution in [0.4, 0.5) is 0 Å². The van der Waals surface area contributed by atoms with Crippen molar-refractivity contribution in [1.29, 1.82) is 0 Å². The lowest BCUT2D eigenvalue weighted by Crippen LogP contribution is -2.13. The van der Waals surface area contributed by atoms with Crippen LogP contribution in [-0.4, -0.2) is 9.97 Å².